The molecule has 1 aliphatic rings. The number of rotatable bonds is 5. The van der Waals surface area contributed by atoms with Gasteiger partial charge in [-0.1, -0.05) is 13.0 Å². The number of hydrogen-bond acceptors (Lipinski definition) is 3. The van der Waals surface area contributed by atoms with Crippen LogP contribution in [-0.4, -0.2) is 43.9 Å². The molecule has 2 amide bonds. The summed E-state index contributed by atoms with van der Waals surface area (Å²) >= 11 is 0. The lowest BCUT2D eigenvalue weighted by Gasteiger charge is -2.28. The van der Waals surface area contributed by atoms with Gasteiger partial charge in [-0.3, -0.25) is 9.59 Å². The fraction of sp³-hybridized carbons (Fsp3) is 0.556. The van der Waals surface area contributed by atoms with Crippen LogP contribution < -0.4 is 10.6 Å². The second-order valence-electron chi connectivity index (χ2n) is 6.62. The largest absolute Gasteiger partial charge is 0.345 e. The van der Waals surface area contributed by atoms with Gasteiger partial charge in [0, 0.05) is 31.8 Å². The van der Waals surface area contributed by atoms with Crippen molar-refractivity contribution in [1.29, 1.82) is 0 Å². The molecule has 2 atom stereocenters. The summed E-state index contributed by atoms with van der Waals surface area (Å²) in [5.41, 5.74) is 1.26. The lowest BCUT2D eigenvalue weighted by Crippen LogP contribution is -2.34. The summed E-state index contributed by atoms with van der Waals surface area (Å²) in [7, 11) is 3.43. The first-order valence-electron chi connectivity index (χ1n) is 8.29. The summed E-state index contributed by atoms with van der Waals surface area (Å²) in [4.78, 5) is 25.8. The minimum atomic E-state index is -0.0669. The number of benzene rings is 1. The van der Waals surface area contributed by atoms with E-state index in [1.807, 2.05) is 6.07 Å². The Morgan fingerprint density at radius 3 is 2.75 bits per heavy atom. The minimum Gasteiger partial charge on any atom is -0.345 e. The van der Waals surface area contributed by atoms with Crippen molar-refractivity contribution in [1.82, 2.24) is 10.2 Å². The van der Waals surface area contributed by atoms with Gasteiger partial charge < -0.3 is 15.5 Å². The summed E-state index contributed by atoms with van der Waals surface area (Å²) in [5, 5.41) is 6.31. The maximum absolute atomic E-state index is 12.3. The zero-order chi connectivity index (χ0) is 16.8. The molecule has 0 radical (unpaired) electrons. The normalized spacial score (nSPS) is 18.2. The Kier molecular flexibility index (Phi) is 8.22. The third-order valence-corrected chi connectivity index (χ3v) is 4.45. The van der Waals surface area contributed by atoms with E-state index in [9.17, 15) is 9.59 Å². The van der Waals surface area contributed by atoms with E-state index in [-0.39, 0.29) is 24.2 Å². The topological polar surface area (TPSA) is 61.4 Å². The summed E-state index contributed by atoms with van der Waals surface area (Å²) in [6.07, 6.45) is 2.89. The van der Waals surface area contributed by atoms with Gasteiger partial charge in [-0.25, -0.2) is 0 Å². The van der Waals surface area contributed by atoms with Crippen molar-refractivity contribution in [2.24, 2.45) is 11.8 Å². The molecule has 1 saturated heterocycles. The van der Waals surface area contributed by atoms with Gasteiger partial charge in [-0.05, 0) is 56.0 Å². The number of amides is 2. The molecule has 2 N–H and O–H groups in total. The summed E-state index contributed by atoms with van der Waals surface area (Å²) in [6.45, 7) is 4.23. The van der Waals surface area contributed by atoms with Crippen LogP contribution >= 0.6 is 12.4 Å². The van der Waals surface area contributed by atoms with Crippen LogP contribution in [0.3, 0.4) is 0 Å². The molecule has 24 heavy (non-hydrogen) atoms. The Hall–Kier alpha value is -1.59. The Morgan fingerprint density at radius 1 is 1.38 bits per heavy atom. The van der Waals surface area contributed by atoms with Gasteiger partial charge in [0.1, 0.15) is 0 Å². The van der Waals surface area contributed by atoms with Gasteiger partial charge >= 0.3 is 0 Å². The van der Waals surface area contributed by atoms with E-state index in [1.54, 1.807) is 32.3 Å². The van der Waals surface area contributed by atoms with E-state index in [0.29, 0.717) is 29.5 Å². The molecule has 1 heterocycles. The zero-order valence-electron chi connectivity index (χ0n) is 14.7. The lowest BCUT2D eigenvalue weighted by atomic mass is 9.85. The molecule has 0 spiro atoms. The molecular formula is C18H28ClN3O2. The molecular weight excluding hydrogens is 326 g/mol. The van der Waals surface area contributed by atoms with E-state index < -0.39 is 0 Å². The Bertz CT molecular complexity index is 557. The number of nitrogens with one attached hydrogen (secondary N) is 2. The SMILES string of the molecule is CC(CC(=O)Nc1cccc(C(=O)N(C)C)c1)C1CCCNC1.Cl. The monoisotopic (exact) mass is 353 g/mol. The Balaban J connectivity index is 0.00000288. The average molecular weight is 354 g/mol. The average Bonchev–Trinajstić information content (AvgIpc) is 2.55. The number of carbonyl (C=O) groups excluding carboxylic acids is 2. The van der Waals surface area contributed by atoms with Crippen molar-refractivity contribution in [3.05, 3.63) is 29.8 Å². The van der Waals surface area contributed by atoms with E-state index in [4.69, 9.17) is 0 Å². The van der Waals surface area contributed by atoms with E-state index >= 15 is 0 Å². The van der Waals surface area contributed by atoms with Gasteiger partial charge in [0.25, 0.3) is 5.91 Å². The van der Waals surface area contributed by atoms with E-state index in [2.05, 4.69) is 17.6 Å². The molecule has 0 saturated carbocycles. The molecule has 6 heteroatoms. The fourth-order valence-corrected chi connectivity index (χ4v) is 3.02. The van der Waals surface area contributed by atoms with Crippen molar-refractivity contribution >= 4 is 29.9 Å². The van der Waals surface area contributed by atoms with Crippen molar-refractivity contribution in [3.8, 4) is 0 Å². The quantitative estimate of drug-likeness (QED) is 0.855. The van der Waals surface area contributed by atoms with E-state index in [0.717, 1.165) is 13.1 Å². The standard InChI is InChI=1S/C18H27N3O2.ClH/c1-13(15-7-5-9-19-12-15)10-17(22)20-16-8-4-6-14(11-16)18(23)21(2)3;/h4,6,8,11,13,15,19H,5,7,9-10,12H2,1-3H3,(H,20,22);1H. The maximum atomic E-state index is 12.3. The highest BCUT2D eigenvalue weighted by molar-refractivity contribution is 5.97. The molecule has 2 rings (SSSR count). The molecule has 1 aromatic rings. The van der Waals surface area contributed by atoms with Crippen molar-refractivity contribution < 1.29 is 9.59 Å². The summed E-state index contributed by atoms with van der Waals surface area (Å²) in [6, 6.07) is 7.10. The second kappa shape index (κ2) is 9.64. The fourth-order valence-electron chi connectivity index (χ4n) is 3.02. The molecule has 0 aromatic heterocycles. The second-order valence-corrected chi connectivity index (χ2v) is 6.62. The van der Waals surface area contributed by atoms with Crippen LogP contribution in [-0.2, 0) is 4.79 Å². The van der Waals surface area contributed by atoms with Gasteiger partial charge in [0.05, 0.1) is 0 Å². The van der Waals surface area contributed by atoms with Crippen LogP contribution in [0.2, 0.25) is 0 Å². The van der Waals surface area contributed by atoms with Crippen LogP contribution in [0, 0.1) is 11.8 Å². The number of piperidine rings is 1. The van der Waals surface area contributed by atoms with Crippen LogP contribution in [0.5, 0.6) is 0 Å². The molecule has 1 fully saturated rings. The smallest absolute Gasteiger partial charge is 0.253 e. The van der Waals surface area contributed by atoms with Crippen molar-refractivity contribution in [2.75, 3.05) is 32.5 Å². The van der Waals surface area contributed by atoms with Gasteiger partial charge in [-0.15, -0.1) is 12.4 Å². The molecule has 0 aliphatic carbocycles. The number of anilines is 1. The van der Waals surface area contributed by atoms with Crippen LogP contribution in [0.4, 0.5) is 5.69 Å². The first kappa shape index (κ1) is 20.5. The van der Waals surface area contributed by atoms with Crippen molar-refractivity contribution in [2.45, 2.75) is 26.2 Å². The maximum Gasteiger partial charge on any atom is 0.253 e. The van der Waals surface area contributed by atoms with Crippen LogP contribution in [0.15, 0.2) is 24.3 Å². The minimum absolute atomic E-state index is 0. The number of carbonyl (C=O) groups is 2. The van der Waals surface area contributed by atoms with Crippen molar-refractivity contribution in [3.63, 3.8) is 0 Å². The van der Waals surface area contributed by atoms with E-state index in [1.165, 1.54) is 17.7 Å². The predicted molar refractivity (Wildman–Crippen MR) is 99.7 cm³/mol. The predicted octanol–water partition coefficient (Wildman–Crippen LogP) is 2.77. The lowest BCUT2D eigenvalue weighted by molar-refractivity contribution is -0.117. The summed E-state index contributed by atoms with van der Waals surface area (Å²) in [5.74, 6) is 0.866. The highest BCUT2D eigenvalue weighted by Gasteiger charge is 2.22. The first-order valence-corrected chi connectivity index (χ1v) is 8.29. The Labute approximate surface area is 150 Å². The highest BCUT2D eigenvalue weighted by Crippen LogP contribution is 2.23. The number of nitrogens with zero attached hydrogens (tertiary/aromatic N) is 1. The molecule has 2 unspecified atom stereocenters. The van der Waals surface area contributed by atoms with Crippen LogP contribution in [0.25, 0.3) is 0 Å². The molecule has 1 aliphatic heterocycles. The third-order valence-electron chi connectivity index (χ3n) is 4.45. The van der Waals surface area contributed by atoms with Gasteiger partial charge in [0.15, 0.2) is 0 Å². The molecule has 1 aromatic carbocycles. The highest BCUT2D eigenvalue weighted by atomic mass is 35.5. The molecule has 5 nitrogen and oxygen atoms in total. The van der Waals surface area contributed by atoms with Crippen LogP contribution in [0.1, 0.15) is 36.5 Å². The van der Waals surface area contributed by atoms with Gasteiger partial charge in [0.2, 0.25) is 5.91 Å². The summed E-state index contributed by atoms with van der Waals surface area (Å²) < 4.78 is 0. The number of hydrogen-bond donors (Lipinski definition) is 2. The zero-order valence-corrected chi connectivity index (χ0v) is 15.5. The first-order chi connectivity index (χ1) is 11.0. The Morgan fingerprint density at radius 2 is 2.12 bits per heavy atom. The molecule has 0 bridgehead atoms. The number of halogens is 1. The van der Waals surface area contributed by atoms with Gasteiger partial charge in [-0.2, -0.15) is 0 Å². The molecule has 134 valence electrons. The third kappa shape index (κ3) is 5.80.